The zero-order valence-electron chi connectivity index (χ0n) is 26.9. The van der Waals surface area contributed by atoms with Crippen molar-refractivity contribution in [2.45, 2.75) is 37.2 Å². The molecule has 9 nitrogen and oxygen atoms in total. The highest BCUT2D eigenvalue weighted by atomic mass is 35.5. The van der Waals surface area contributed by atoms with Crippen LogP contribution in [0, 0.1) is 0 Å². The van der Waals surface area contributed by atoms with Gasteiger partial charge in [0.1, 0.15) is 11.8 Å². The molecule has 48 heavy (non-hydrogen) atoms. The molecule has 6 rings (SSSR count). The van der Waals surface area contributed by atoms with Crippen LogP contribution in [-0.4, -0.2) is 41.0 Å². The number of carbonyl (C=O) groups is 1. The third kappa shape index (κ3) is 7.45. The van der Waals surface area contributed by atoms with Crippen LogP contribution in [0.3, 0.4) is 0 Å². The molecule has 1 aromatic heterocycles. The molecule has 2 N–H and O–H groups in total. The Morgan fingerprint density at radius 2 is 1.73 bits per heavy atom. The summed E-state index contributed by atoms with van der Waals surface area (Å²) in [6.45, 7) is 4.72. The first kappa shape index (κ1) is 33.0. The summed E-state index contributed by atoms with van der Waals surface area (Å²) in [5.74, 6) is 2.57. The third-order valence-electron chi connectivity index (χ3n) is 7.82. The summed E-state index contributed by atoms with van der Waals surface area (Å²) in [4.78, 5) is 18.9. The number of anilines is 2. The lowest BCUT2D eigenvalue weighted by molar-refractivity contribution is -0.113. The van der Waals surface area contributed by atoms with Gasteiger partial charge in [-0.1, -0.05) is 90.1 Å². The van der Waals surface area contributed by atoms with Crippen LogP contribution >= 0.6 is 23.4 Å². The second-order valence-corrected chi connectivity index (χ2v) is 12.3. The van der Waals surface area contributed by atoms with Gasteiger partial charge < -0.3 is 24.8 Å². The van der Waals surface area contributed by atoms with Gasteiger partial charge in [0.05, 0.1) is 31.6 Å². The van der Waals surface area contributed by atoms with E-state index in [1.807, 2.05) is 86.6 Å². The first-order valence-electron chi connectivity index (χ1n) is 15.6. The normalized spacial score (nSPS) is 13.8. The second-order valence-electron chi connectivity index (χ2n) is 11.0. The fourth-order valence-corrected chi connectivity index (χ4v) is 6.61. The zero-order chi connectivity index (χ0) is 33.5. The Kier molecular flexibility index (Phi) is 10.5. The number of hydrogen-bond acceptors (Lipinski definition) is 8. The monoisotopic (exact) mass is 681 g/mol. The van der Waals surface area contributed by atoms with E-state index in [-0.39, 0.29) is 5.91 Å². The molecule has 0 spiro atoms. The molecule has 0 fully saturated rings. The Bertz CT molecular complexity index is 1930. The minimum Gasteiger partial charge on any atom is -0.495 e. The number of carbonyl (C=O) groups excluding carboxylic acids is 1. The predicted molar refractivity (Wildman–Crippen MR) is 190 cm³/mol. The van der Waals surface area contributed by atoms with Crippen LogP contribution in [0.15, 0.2) is 113 Å². The van der Waals surface area contributed by atoms with Crippen LogP contribution in [-0.2, 0) is 17.0 Å². The maximum absolute atomic E-state index is 14.1. The molecule has 0 bridgehead atoms. The highest BCUT2D eigenvalue weighted by Crippen LogP contribution is 2.41. The number of aromatic nitrogens is 3. The van der Waals surface area contributed by atoms with E-state index in [0.29, 0.717) is 69.3 Å². The van der Waals surface area contributed by atoms with Crippen LogP contribution in [0.4, 0.5) is 11.6 Å². The number of thioether (sulfide) groups is 1. The lowest BCUT2D eigenvalue weighted by Crippen LogP contribution is -2.31. The summed E-state index contributed by atoms with van der Waals surface area (Å²) in [6.07, 6.45) is 0.759. The van der Waals surface area contributed by atoms with Gasteiger partial charge in [-0.2, -0.15) is 4.98 Å². The second kappa shape index (κ2) is 15.3. The molecule has 0 saturated heterocycles. The Balaban J connectivity index is 1.34. The van der Waals surface area contributed by atoms with E-state index in [1.165, 1.54) is 17.3 Å². The molecule has 0 aliphatic carbocycles. The zero-order valence-corrected chi connectivity index (χ0v) is 28.5. The Hall–Kier alpha value is -4.93. The summed E-state index contributed by atoms with van der Waals surface area (Å²) < 4.78 is 19.5. The number of nitrogens with one attached hydrogen (secondary N) is 2. The fraction of sp³-hybridized carbons (Fsp3) is 0.216. The van der Waals surface area contributed by atoms with E-state index in [2.05, 4.69) is 22.8 Å². The standard InChI is InChI=1S/C37H36ClN5O4S/c1-4-46-32-22-26(18-19-31(32)47-21-20-25-12-6-5-7-13-25)34-33(35(44)40-29-16-10-11-17-30(29)45-3)24(2)39-36-41-37(42-43(34)36)48-23-27-14-8-9-15-28(27)38/h5-19,22,34H,4,20-21,23H2,1-3H3,(H,40,44)(H,39,41,42). The number of halogens is 1. The highest BCUT2D eigenvalue weighted by Gasteiger charge is 2.35. The summed E-state index contributed by atoms with van der Waals surface area (Å²) in [5, 5.41) is 12.5. The topological polar surface area (TPSA) is 99.5 Å². The van der Waals surface area contributed by atoms with Gasteiger partial charge in [0.2, 0.25) is 11.1 Å². The van der Waals surface area contributed by atoms with Gasteiger partial charge in [-0.05, 0) is 60.9 Å². The van der Waals surface area contributed by atoms with E-state index in [4.69, 9.17) is 35.9 Å². The first-order valence-corrected chi connectivity index (χ1v) is 17.0. The molecule has 4 aromatic carbocycles. The molecular weight excluding hydrogens is 646 g/mol. The Labute approximate surface area is 289 Å². The maximum atomic E-state index is 14.1. The number of rotatable bonds is 13. The van der Waals surface area contributed by atoms with Gasteiger partial charge in [-0.25, -0.2) is 4.68 Å². The van der Waals surface area contributed by atoms with Crippen LogP contribution in [0.2, 0.25) is 5.02 Å². The summed E-state index contributed by atoms with van der Waals surface area (Å²) in [6, 6.07) is 30.3. The molecule has 2 heterocycles. The molecule has 246 valence electrons. The molecule has 0 radical (unpaired) electrons. The summed E-state index contributed by atoms with van der Waals surface area (Å²) in [5.41, 5.74) is 4.64. The van der Waals surface area contributed by atoms with Crippen molar-refractivity contribution in [3.05, 3.63) is 130 Å². The van der Waals surface area contributed by atoms with Gasteiger partial charge in [-0.15, -0.1) is 5.10 Å². The van der Waals surface area contributed by atoms with Crippen molar-refractivity contribution in [1.82, 2.24) is 14.8 Å². The molecule has 1 atom stereocenters. The Morgan fingerprint density at radius 3 is 2.52 bits per heavy atom. The predicted octanol–water partition coefficient (Wildman–Crippen LogP) is 8.18. The highest BCUT2D eigenvalue weighted by molar-refractivity contribution is 7.98. The first-order chi connectivity index (χ1) is 23.4. The largest absolute Gasteiger partial charge is 0.495 e. The average molecular weight is 682 g/mol. The van der Waals surface area contributed by atoms with Crippen molar-refractivity contribution in [1.29, 1.82) is 0 Å². The van der Waals surface area contributed by atoms with Gasteiger partial charge in [0.15, 0.2) is 11.5 Å². The van der Waals surface area contributed by atoms with Gasteiger partial charge in [-0.3, -0.25) is 4.79 Å². The molecule has 5 aromatic rings. The summed E-state index contributed by atoms with van der Waals surface area (Å²) >= 11 is 7.89. The van der Waals surface area contributed by atoms with Crippen molar-refractivity contribution in [2.75, 3.05) is 31.0 Å². The number of hydrogen-bond donors (Lipinski definition) is 2. The lowest BCUT2D eigenvalue weighted by atomic mass is 9.94. The third-order valence-corrected chi connectivity index (χ3v) is 9.08. The van der Waals surface area contributed by atoms with Crippen LogP contribution < -0.4 is 24.8 Å². The minimum absolute atomic E-state index is 0.304. The van der Waals surface area contributed by atoms with E-state index >= 15 is 0 Å². The molecule has 1 aliphatic heterocycles. The molecule has 1 unspecified atom stereocenters. The van der Waals surface area contributed by atoms with Crippen LogP contribution in [0.5, 0.6) is 17.2 Å². The van der Waals surface area contributed by atoms with Crippen LogP contribution in [0.25, 0.3) is 0 Å². The van der Waals surface area contributed by atoms with E-state index in [0.717, 1.165) is 17.5 Å². The average Bonchev–Trinajstić information content (AvgIpc) is 3.51. The van der Waals surface area contributed by atoms with Crippen molar-refractivity contribution in [2.24, 2.45) is 0 Å². The minimum atomic E-state index is -0.629. The fourth-order valence-electron chi connectivity index (χ4n) is 5.50. The van der Waals surface area contributed by atoms with Gasteiger partial charge in [0.25, 0.3) is 5.91 Å². The van der Waals surface area contributed by atoms with Gasteiger partial charge >= 0.3 is 0 Å². The number of benzene rings is 4. The van der Waals surface area contributed by atoms with E-state index in [1.54, 1.807) is 23.9 Å². The summed E-state index contributed by atoms with van der Waals surface area (Å²) in [7, 11) is 1.57. The van der Waals surface area contributed by atoms with Crippen LogP contribution in [0.1, 0.15) is 36.6 Å². The molecule has 1 aliphatic rings. The number of nitrogens with zero attached hydrogens (tertiary/aromatic N) is 3. The number of ether oxygens (including phenoxy) is 3. The number of para-hydroxylation sites is 2. The molecule has 1 amide bonds. The SMILES string of the molecule is CCOc1cc(C2C(C(=O)Nc3ccccc3OC)=C(C)Nc3nc(SCc4ccccc4Cl)nn32)ccc1OCCc1ccccc1. The van der Waals surface area contributed by atoms with Gasteiger partial charge in [0, 0.05) is 22.9 Å². The number of allylic oxidation sites excluding steroid dienone is 1. The lowest BCUT2D eigenvalue weighted by Gasteiger charge is -2.29. The molecule has 0 saturated carbocycles. The smallest absolute Gasteiger partial charge is 0.255 e. The van der Waals surface area contributed by atoms with Crippen molar-refractivity contribution < 1.29 is 19.0 Å². The van der Waals surface area contributed by atoms with Crippen molar-refractivity contribution >= 4 is 40.9 Å². The molecular formula is C37H36ClN5O4S. The quantitative estimate of drug-likeness (QED) is 0.120. The van der Waals surface area contributed by atoms with Crippen molar-refractivity contribution in [3.8, 4) is 17.2 Å². The van der Waals surface area contributed by atoms with Crippen molar-refractivity contribution in [3.63, 3.8) is 0 Å². The molecule has 11 heteroatoms. The Morgan fingerprint density at radius 1 is 0.958 bits per heavy atom. The van der Waals surface area contributed by atoms with E-state index < -0.39 is 6.04 Å². The maximum Gasteiger partial charge on any atom is 0.255 e. The van der Waals surface area contributed by atoms with E-state index in [9.17, 15) is 4.79 Å². The number of methoxy groups -OCH3 is 1. The number of fused-ring (bicyclic) bond motifs is 1. The number of amides is 1.